The predicted molar refractivity (Wildman–Crippen MR) is 108 cm³/mol. The molecule has 2 aliphatic heterocycles. The Bertz CT molecular complexity index is 739. The van der Waals surface area contributed by atoms with Crippen molar-refractivity contribution in [1.29, 1.82) is 0 Å². The third-order valence-corrected chi connectivity index (χ3v) is 5.77. The van der Waals surface area contributed by atoms with Gasteiger partial charge in [0.2, 0.25) is 0 Å². The third kappa shape index (κ3) is 4.13. The average molecular weight is 390 g/mol. The molecule has 9 heteroatoms. The van der Waals surface area contributed by atoms with E-state index in [0.717, 1.165) is 32.5 Å². The Balaban J connectivity index is 1.80. The van der Waals surface area contributed by atoms with E-state index in [1.165, 1.54) is 0 Å². The van der Waals surface area contributed by atoms with Gasteiger partial charge in [-0.15, -0.1) is 0 Å². The fourth-order valence-corrected chi connectivity index (χ4v) is 3.62. The molecule has 2 atom stereocenters. The van der Waals surface area contributed by atoms with Crippen LogP contribution >= 0.6 is 0 Å². The number of carbonyl (C=O) groups excluding carboxylic acids is 2. The van der Waals surface area contributed by atoms with Crippen LogP contribution in [0.25, 0.3) is 0 Å². The molecule has 0 spiro atoms. The topological polar surface area (TPSA) is 108 Å². The number of nitrogens with zero attached hydrogens (tertiary/aromatic N) is 5. The number of carbonyl (C=O) groups is 2. The molecule has 3 amide bonds. The van der Waals surface area contributed by atoms with Crippen molar-refractivity contribution in [1.82, 2.24) is 19.8 Å². The summed E-state index contributed by atoms with van der Waals surface area (Å²) in [7, 11) is 1.84. The maximum absolute atomic E-state index is 12.4. The first-order valence-electron chi connectivity index (χ1n) is 9.98. The number of aromatic nitrogens is 2. The summed E-state index contributed by atoms with van der Waals surface area (Å²) in [5.74, 6) is 0.891. The number of nitrogens with two attached hydrogens (primary N) is 1. The van der Waals surface area contributed by atoms with Crippen molar-refractivity contribution in [2.75, 3.05) is 43.4 Å². The number of amides is 3. The number of hydrogen-bond donors (Lipinski definition) is 2. The average Bonchev–Trinajstić information content (AvgIpc) is 3.00. The van der Waals surface area contributed by atoms with Gasteiger partial charge in [0, 0.05) is 39.3 Å². The minimum Gasteiger partial charge on any atom is -0.365 e. The molecule has 0 bridgehead atoms. The Kier molecular flexibility index (Phi) is 5.90. The molecule has 0 saturated carbocycles. The lowest BCUT2D eigenvalue weighted by Gasteiger charge is -2.38. The summed E-state index contributed by atoms with van der Waals surface area (Å²) in [5.41, 5.74) is 5.64. The van der Waals surface area contributed by atoms with E-state index in [9.17, 15) is 9.59 Å². The Labute approximate surface area is 166 Å². The molecule has 9 nitrogen and oxygen atoms in total. The Morgan fingerprint density at radius 1 is 1.29 bits per heavy atom. The highest BCUT2D eigenvalue weighted by molar-refractivity contribution is 5.95. The highest BCUT2D eigenvalue weighted by Gasteiger charge is 2.34. The van der Waals surface area contributed by atoms with Crippen LogP contribution in [0.1, 0.15) is 44.1 Å². The molecule has 2 aliphatic rings. The van der Waals surface area contributed by atoms with Crippen molar-refractivity contribution in [2.24, 2.45) is 11.7 Å². The van der Waals surface area contributed by atoms with Crippen LogP contribution in [0.15, 0.2) is 6.20 Å². The Morgan fingerprint density at radius 2 is 2.04 bits per heavy atom. The van der Waals surface area contributed by atoms with E-state index in [2.05, 4.69) is 34.0 Å². The standard InChI is InChI=1S/C19H31N7O2/c1-12(2)13(3)22-18-16(17(20)27)21-10-15(23-18)25-7-5-6-14(11-25)26-9-8-24(4)19(26)28/h10,12-14H,5-9,11H2,1-4H3,(H2,20,27)(H,22,23)/t13-,14-/m1/s1. The first-order valence-corrected chi connectivity index (χ1v) is 9.98. The van der Waals surface area contributed by atoms with Gasteiger partial charge in [0.25, 0.3) is 5.91 Å². The molecule has 3 N–H and O–H groups in total. The second-order valence-electron chi connectivity index (χ2n) is 8.11. The summed E-state index contributed by atoms with van der Waals surface area (Å²) in [5, 5.41) is 3.28. The molecule has 0 aromatic carbocycles. The number of nitrogens with one attached hydrogen (secondary N) is 1. The van der Waals surface area contributed by atoms with Crippen LogP contribution in [0, 0.1) is 5.92 Å². The van der Waals surface area contributed by atoms with Crippen LogP contribution in [0.2, 0.25) is 0 Å². The number of piperidine rings is 1. The molecule has 28 heavy (non-hydrogen) atoms. The van der Waals surface area contributed by atoms with Crippen LogP contribution in [-0.2, 0) is 0 Å². The van der Waals surface area contributed by atoms with Gasteiger partial charge in [0.1, 0.15) is 5.82 Å². The maximum atomic E-state index is 12.4. The zero-order valence-corrected chi connectivity index (χ0v) is 17.2. The molecule has 0 aliphatic carbocycles. The van der Waals surface area contributed by atoms with Crippen molar-refractivity contribution < 1.29 is 9.59 Å². The van der Waals surface area contributed by atoms with Crippen molar-refractivity contribution in [3.05, 3.63) is 11.9 Å². The molecule has 0 radical (unpaired) electrons. The smallest absolute Gasteiger partial charge is 0.320 e. The highest BCUT2D eigenvalue weighted by atomic mass is 16.2. The second-order valence-corrected chi connectivity index (χ2v) is 8.11. The monoisotopic (exact) mass is 389 g/mol. The lowest BCUT2D eigenvalue weighted by atomic mass is 10.0. The fraction of sp³-hybridized carbons (Fsp3) is 0.684. The van der Waals surface area contributed by atoms with Gasteiger partial charge in [-0.2, -0.15) is 0 Å². The van der Waals surface area contributed by atoms with Gasteiger partial charge in [0.15, 0.2) is 11.5 Å². The molecule has 1 aromatic heterocycles. The summed E-state index contributed by atoms with van der Waals surface area (Å²) in [6.07, 6.45) is 3.56. The molecule has 2 saturated heterocycles. The molecule has 1 aromatic rings. The molecular weight excluding hydrogens is 358 g/mol. The van der Waals surface area contributed by atoms with Gasteiger partial charge in [-0.25, -0.2) is 14.8 Å². The largest absolute Gasteiger partial charge is 0.365 e. The molecule has 0 unspecified atom stereocenters. The van der Waals surface area contributed by atoms with Crippen LogP contribution in [0.4, 0.5) is 16.4 Å². The third-order valence-electron chi connectivity index (χ3n) is 5.77. The summed E-state index contributed by atoms with van der Waals surface area (Å²) in [6.45, 7) is 9.32. The van der Waals surface area contributed by atoms with Gasteiger partial charge < -0.3 is 25.8 Å². The van der Waals surface area contributed by atoms with E-state index in [0.29, 0.717) is 24.1 Å². The number of likely N-dealkylation sites (N-methyl/N-ethyl adjacent to an activating group) is 1. The number of hydrogen-bond acceptors (Lipinski definition) is 6. The highest BCUT2D eigenvalue weighted by Crippen LogP contribution is 2.25. The summed E-state index contributed by atoms with van der Waals surface area (Å²) in [4.78, 5) is 38.9. The lowest BCUT2D eigenvalue weighted by molar-refractivity contribution is 0.0996. The van der Waals surface area contributed by atoms with Crippen LogP contribution in [-0.4, -0.2) is 77.0 Å². The van der Waals surface area contributed by atoms with E-state index >= 15 is 0 Å². The summed E-state index contributed by atoms with van der Waals surface area (Å²) >= 11 is 0. The minimum absolute atomic E-state index is 0.0927. The zero-order valence-electron chi connectivity index (χ0n) is 17.2. The van der Waals surface area contributed by atoms with Crippen LogP contribution in [0.5, 0.6) is 0 Å². The van der Waals surface area contributed by atoms with Crippen LogP contribution < -0.4 is 16.0 Å². The Hall–Kier alpha value is -2.58. The fourth-order valence-electron chi connectivity index (χ4n) is 3.62. The van der Waals surface area contributed by atoms with E-state index in [1.807, 2.05) is 18.9 Å². The van der Waals surface area contributed by atoms with Crippen molar-refractivity contribution in [3.8, 4) is 0 Å². The van der Waals surface area contributed by atoms with E-state index in [4.69, 9.17) is 5.73 Å². The normalized spacial score (nSPS) is 21.4. The van der Waals surface area contributed by atoms with Gasteiger partial charge in [-0.3, -0.25) is 4.79 Å². The zero-order chi connectivity index (χ0) is 20.4. The van der Waals surface area contributed by atoms with Crippen LogP contribution in [0.3, 0.4) is 0 Å². The SMILES string of the molecule is CC(C)[C@@H](C)Nc1nc(N2CCC[C@@H](N3CCN(C)C3=O)C2)cnc1C(N)=O. The summed E-state index contributed by atoms with van der Waals surface area (Å²) in [6, 6.07) is 0.374. The van der Waals surface area contributed by atoms with Crippen molar-refractivity contribution in [3.63, 3.8) is 0 Å². The molecule has 2 fully saturated rings. The van der Waals surface area contributed by atoms with E-state index in [1.54, 1.807) is 11.1 Å². The van der Waals surface area contributed by atoms with Gasteiger partial charge in [0.05, 0.1) is 12.2 Å². The van der Waals surface area contributed by atoms with Gasteiger partial charge >= 0.3 is 6.03 Å². The van der Waals surface area contributed by atoms with Gasteiger partial charge in [-0.1, -0.05) is 13.8 Å². The first-order chi connectivity index (χ1) is 13.3. The predicted octanol–water partition coefficient (Wildman–Crippen LogP) is 1.37. The molecular formula is C19H31N7O2. The van der Waals surface area contributed by atoms with Crippen molar-refractivity contribution in [2.45, 2.75) is 45.7 Å². The van der Waals surface area contributed by atoms with E-state index < -0.39 is 5.91 Å². The molecule has 3 rings (SSSR count). The quantitative estimate of drug-likeness (QED) is 0.761. The lowest BCUT2D eigenvalue weighted by Crippen LogP contribution is -2.49. The van der Waals surface area contributed by atoms with E-state index in [-0.39, 0.29) is 23.8 Å². The van der Waals surface area contributed by atoms with Crippen molar-refractivity contribution >= 4 is 23.6 Å². The van der Waals surface area contributed by atoms with Gasteiger partial charge in [-0.05, 0) is 25.7 Å². The number of rotatable bonds is 6. The molecule has 3 heterocycles. The minimum atomic E-state index is -0.597. The molecule has 154 valence electrons. The summed E-state index contributed by atoms with van der Waals surface area (Å²) < 4.78 is 0. The number of anilines is 2. The maximum Gasteiger partial charge on any atom is 0.320 e. The second kappa shape index (κ2) is 8.20. The number of urea groups is 1. The first kappa shape index (κ1) is 20.2. The number of primary amides is 1. The Morgan fingerprint density at radius 3 is 2.64 bits per heavy atom.